The molecule has 6 nitrogen and oxygen atoms in total. The Morgan fingerprint density at radius 1 is 1.03 bits per heavy atom. The van der Waals surface area contributed by atoms with E-state index in [0.29, 0.717) is 16.2 Å². The van der Waals surface area contributed by atoms with E-state index < -0.39 is 5.97 Å². The molecule has 0 aliphatic rings. The van der Waals surface area contributed by atoms with Crippen molar-refractivity contribution in [1.82, 2.24) is 14.4 Å². The van der Waals surface area contributed by atoms with E-state index in [1.54, 1.807) is 29.0 Å². The number of benzene rings is 1. The number of esters is 1. The van der Waals surface area contributed by atoms with E-state index in [-0.39, 0.29) is 12.2 Å². The first-order valence-corrected chi connectivity index (χ1v) is 10.5. The van der Waals surface area contributed by atoms with E-state index in [9.17, 15) is 9.59 Å². The van der Waals surface area contributed by atoms with Crippen LogP contribution in [0.3, 0.4) is 0 Å². The van der Waals surface area contributed by atoms with E-state index in [1.807, 2.05) is 41.8 Å². The van der Waals surface area contributed by atoms with Crippen molar-refractivity contribution in [2.75, 3.05) is 0 Å². The van der Waals surface area contributed by atoms with E-state index in [2.05, 4.69) is 9.97 Å². The molecule has 0 N–H and O–H groups in total. The molecule has 29 heavy (non-hydrogen) atoms. The van der Waals surface area contributed by atoms with Gasteiger partial charge < -0.3 is 4.74 Å². The highest BCUT2D eigenvalue weighted by atomic mass is 32.1. The van der Waals surface area contributed by atoms with Crippen LogP contribution in [0.5, 0.6) is 0 Å². The minimum Gasteiger partial charge on any atom is -0.456 e. The summed E-state index contributed by atoms with van der Waals surface area (Å²) in [5, 5.41) is 4.48. The number of fused-ring (bicyclic) bond motifs is 2. The lowest BCUT2D eigenvalue weighted by Gasteiger charge is -2.09. The summed E-state index contributed by atoms with van der Waals surface area (Å²) in [4.78, 5) is 35.6. The van der Waals surface area contributed by atoms with E-state index in [1.165, 1.54) is 21.8 Å². The topological polar surface area (TPSA) is 73.6 Å². The fraction of sp³-hybridized carbons (Fsp3) is 0.0476. The van der Waals surface area contributed by atoms with Crippen molar-refractivity contribution in [2.45, 2.75) is 6.61 Å². The molecule has 4 heterocycles. The molecule has 0 aliphatic carbocycles. The number of ether oxygens (including phenoxy) is 1. The van der Waals surface area contributed by atoms with Crippen molar-refractivity contribution in [3.8, 4) is 10.6 Å². The molecule has 8 heteroatoms. The van der Waals surface area contributed by atoms with Gasteiger partial charge in [0, 0.05) is 23.0 Å². The van der Waals surface area contributed by atoms with Gasteiger partial charge in [0.15, 0.2) is 4.96 Å². The summed E-state index contributed by atoms with van der Waals surface area (Å²) in [5.41, 5.74) is 2.11. The fourth-order valence-electron chi connectivity index (χ4n) is 3.07. The van der Waals surface area contributed by atoms with Gasteiger partial charge in [-0.05, 0) is 23.6 Å². The summed E-state index contributed by atoms with van der Waals surface area (Å²) in [5.74, 6) is -0.477. The molecule has 0 atom stereocenters. The van der Waals surface area contributed by atoms with Crippen molar-refractivity contribution < 1.29 is 9.53 Å². The molecule has 4 aromatic heterocycles. The first-order chi connectivity index (χ1) is 14.2. The number of thiazole rings is 1. The van der Waals surface area contributed by atoms with Crippen LogP contribution < -0.4 is 5.56 Å². The maximum atomic E-state index is 12.9. The molecule has 1 aromatic carbocycles. The van der Waals surface area contributed by atoms with Crippen LogP contribution in [0.25, 0.3) is 26.4 Å². The van der Waals surface area contributed by atoms with E-state index in [4.69, 9.17) is 4.74 Å². The molecular formula is C21H13N3O3S2. The Kier molecular flexibility index (Phi) is 4.42. The zero-order chi connectivity index (χ0) is 19.8. The Labute approximate surface area is 172 Å². The lowest BCUT2D eigenvalue weighted by Crippen LogP contribution is -2.15. The Hall–Kier alpha value is -3.36. The minimum atomic E-state index is -0.477. The second-order valence-electron chi connectivity index (χ2n) is 6.27. The third-order valence-electron chi connectivity index (χ3n) is 4.42. The number of carbonyl (C=O) groups is 1. The first-order valence-electron chi connectivity index (χ1n) is 8.75. The standard InChI is InChI=1S/C21H13N3O3S2/c25-19-10-13(22-21-24(19)7-9-29-21)12-27-20(26)15-11-17(18-6-3-8-28-18)23-16-5-2-1-4-14(15)16/h1-11H,12H2. The van der Waals surface area contributed by atoms with Crippen LogP contribution in [-0.4, -0.2) is 20.3 Å². The predicted octanol–water partition coefficient (Wildman–Crippen LogP) is 4.39. The Morgan fingerprint density at radius 2 is 1.93 bits per heavy atom. The Bertz CT molecular complexity index is 1400. The number of para-hydroxylation sites is 1. The number of pyridine rings is 1. The minimum absolute atomic E-state index is 0.0759. The first kappa shape index (κ1) is 17.7. The Balaban J connectivity index is 1.49. The van der Waals surface area contributed by atoms with Crippen LogP contribution in [0, 0.1) is 0 Å². The smallest absolute Gasteiger partial charge is 0.339 e. The number of nitrogens with zero attached hydrogens (tertiary/aromatic N) is 3. The number of rotatable bonds is 4. The highest BCUT2D eigenvalue weighted by molar-refractivity contribution is 7.15. The number of aromatic nitrogens is 3. The zero-order valence-corrected chi connectivity index (χ0v) is 16.6. The maximum absolute atomic E-state index is 12.9. The average molecular weight is 419 g/mol. The van der Waals surface area contributed by atoms with Crippen LogP contribution in [0.1, 0.15) is 16.1 Å². The van der Waals surface area contributed by atoms with Gasteiger partial charge >= 0.3 is 5.97 Å². The van der Waals surface area contributed by atoms with Crippen LogP contribution >= 0.6 is 22.7 Å². The molecular weight excluding hydrogens is 406 g/mol. The van der Waals surface area contributed by atoms with Crippen molar-refractivity contribution in [3.05, 3.63) is 87.1 Å². The van der Waals surface area contributed by atoms with Crippen molar-refractivity contribution >= 4 is 44.5 Å². The van der Waals surface area contributed by atoms with Crippen molar-refractivity contribution in [3.63, 3.8) is 0 Å². The monoisotopic (exact) mass is 419 g/mol. The molecule has 142 valence electrons. The normalized spacial score (nSPS) is 11.2. The summed E-state index contributed by atoms with van der Waals surface area (Å²) in [7, 11) is 0. The molecule has 0 saturated carbocycles. The summed E-state index contributed by atoms with van der Waals surface area (Å²) < 4.78 is 6.96. The van der Waals surface area contributed by atoms with Crippen LogP contribution in [-0.2, 0) is 11.3 Å². The third kappa shape index (κ3) is 3.32. The van der Waals surface area contributed by atoms with Crippen molar-refractivity contribution in [1.29, 1.82) is 0 Å². The van der Waals surface area contributed by atoms with Gasteiger partial charge in [-0.1, -0.05) is 24.3 Å². The van der Waals surface area contributed by atoms with Crippen LogP contribution in [0.2, 0.25) is 0 Å². The highest BCUT2D eigenvalue weighted by Gasteiger charge is 2.16. The Morgan fingerprint density at radius 3 is 2.79 bits per heavy atom. The average Bonchev–Trinajstić information content (AvgIpc) is 3.43. The van der Waals surface area contributed by atoms with Gasteiger partial charge in [-0.25, -0.2) is 14.8 Å². The van der Waals surface area contributed by atoms with Gasteiger partial charge in [-0.15, -0.1) is 22.7 Å². The second-order valence-corrected chi connectivity index (χ2v) is 8.09. The molecule has 5 aromatic rings. The molecule has 0 saturated heterocycles. The number of carbonyl (C=O) groups excluding carboxylic acids is 1. The summed E-state index contributed by atoms with van der Waals surface area (Å²) in [6, 6.07) is 14.5. The van der Waals surface area contributed by atoms with Gasteiger partial charge in [-0.3, -0.25) is 9.20 Å². The van der Waals surface area contributed by atoms with Gasteiger partial charge in [0.1, 0.15) is 6.61 Å². The molecule has 0 radical (unpaired) electrons. The summed E-state index contributed by atoms with van der Waals surface area (Å²) >= 11 is 2.91. The SMILES string of the molecule is O=C(OCc1cc(=O)n2ccsc2n1)c1cc(-c2cccs2)nc2ccccc12. The molecule has 5 rings (SSSR count). The number of hydrogen-bond donors (Lipinski definition) is 0. The molecule has 0 amide bonds. The van der Waals surface area contributed by atoms with E-state index in [0.717, 1.165) is 21.5 Å². The quantitative estimate of drug-likeness (QED) is 0.404. The second kappa shape index (κ2) is 7.23. The van der Waals surface area contributed by atoms with Crippen LogP contribution in [0.15, 0.2) is 70.3 Å². The highest BCUT2D eigenvalue weighted by Crippen LogP contribution is 2.28. The zero-order valence-electron chi connectivity index (χ0n) is 14.9. The molecule has 0 fully saturated rings. The van der Waals surface area contributed by atoms with Gasteiger partial charge in [0.05, 0.1) is 27.3 Å². The van der Waals surface area contributed by atoms with Crippen molar-refractivity contribution in [2.24, 2.45) is 0 Å². The summed E-state index contributed by atoms with van der Waals surface area (Å²) in [6.45, 7) is -0.0759. The molecule has 0 spiro atoms. The van der Waals surface area contributed by atoms with Gasteiger partial charge in [0.2, 0.25) is 0 Å². The number of thiophene rings is 1. The van der Waals surface area contributed by atoms with E-state index >= 15 is 0 Å². The molecule has 0 unspecified atom stereocenters. The van der Waals surface area contributed by atoms with Crippen LogP contribution in [0.4, 0.5) is 0 Å². The lowest BCUT2D eigenvalue weighted by molar-refractivity contribution is 0.0470. The number of hydrogen-bond acceptors (Lipinski definition) is 7. The maximum Gasteiger partial charge on any atom is 0.339 e. The van der Waals surface area contributed by atoms with Gasteiger partial charge in [0.25, 0.3) is 5.56 Å². The predicted molar refractivity (Wildman–Crippen MR) is 114 cm³/mol. The van der Waals surface area contributed by atoms with Gasteiger partial charge in [-0.2, -0.15) is 0 Å². The molecule has 0 aliphatic heterocycles. The summed E-state index contributed by atoms with van der Waals surface area (Å²) in [6.07, 6.45) is 1.67. The lowest BCUT2D eigenvalue weighted by atomic mass is 10.1. The molecule has 0 bridgehead atoms. The third-order valence-corrected chi connectivity index (χ3v) is 6.07. The largest absolute Gasteiger partial charge is 0.456 e. The fourth-order valence-corrected chi connectivity index (χ4v) is 4.50.